The number of aromatic nitrogens is 1. The fourth-order valence-electron chi connectivity index (χ4n) is 4.55. The van der Waals surface area contributed by atoms with Crippen LogP contribution in [0.1, 0.15) is 58.3 Å². The lowest BCUT2D eigenvalue weighted by Crippen LogP contribution is -2.37. The van der Waals surface area contributed by atoms with Crippen molar-refractivity contribution in [2.45, 2.75) is 60.0 Å². The molecule has 0 aliphatic carbocycles. The fourth-order valence-corrected chi connectivity index (χ4v) is 8.55. The quantitative estimate of drug-likeness (QED) is 0.0505. The first kappa shape index (κ1) is 44.9. The number of hydrogen-bond acceptors (Lipinski definition) is 18. The van der Waals surface area contributed by atoms with Crippen molar-refractivity contribution in [3.05, 3.63) is 23.5 Å². The lowest BCUT2D eigenvalue weighted by atomic mass is 10.2. The molecule has 0 aromatic carbocycles. The summed E-state index contributed by atoms with van der Waals surface area (Å²) >= 11 is 0. The Bertz CT molecular complexity index is 1310. The Balaban J connectivity index is 2.32. The monoisotopic (exact) mass is 803 g/mol. The molecule has 3 amide bonds. The van der Waals surface area contributed by atoms with E-state index < -0.39 is 50.5 Å². The number of rotatable bonds is 28. The molecule has 2 rings (SSSR count). The minimum atomic E-state index is -3.71. The van der Waals surface area contributed by atoms with E-state index >= 15 is 0 Å². The average molecular weight is 804 g/mol. The highest BCUT2D eigenvalue weighted by atomic mass is 31.2. The van der Waals surface area contributed by atoms with Gasteiger partial charge < -0.3 is 33.0 Å². The van der Waals surface area contributed by atoms with Gasteiger partial charge in [0.1, 0.15) is 31.8 Å². The maximum Gasteiger partial charge on any atom is 0.432 e. The highest BCUT2D eigenvalue weighted by Crippen LogP contribution is 2.53. The van der Waals surface area contributed by atoms with Gasteiger partial charge in [0.15, 0.2) is 0 Å². The van der Waals surface area contributed by atoms with Crippen molar-refractivity contribution >= 4 is 50.5 Å². The van der Waals surface area contributed by atoms with Gasteiger partial charge in [0.25, 0.3) is 11.8 Å². The van der Waals surface area contributed by atoms with E-state index in [2.05, 4.69) is 5.32 Å². The van der Waals surface area contributed by atoms with Crippen LogP contribution in [0.15, 0.2) is 12.1 Å². The maximum absolute atomic E-state index is 13.6. The summed E-state index contributed by atoms with van der Waals surface area (Å²) in [6.07, 6.45) is -1.31. The molecule has 1 aromatic heterocycles. The molecule has 1 aromatic rings. The second-order valence-corrected chi connectivity index (χ2v) is 15.2. The van der Waals surface area contributed by atoms with Crippen LogP contribution in [0.3, 0.4) is 0 Å². The Labute approximate surface area is 299 Å². The molecule has 0 bridgehead atoms. The molecule has 0 spiro atoms. The van der Waals surface area contributed by atoms with E-state index in [9.17, 15) is 32.6 Å². The maximum atomic E-state index is 13.6. The zero-order valence-corrected chi connectivity index (χ0v) is 32.5. The van der Waals surface area contributed by atoms with Gasteiger partial charge in [-0.3, -0.25) is 42.6 Å². The van der Waals surface area contributed by atoms with Gasteiger partial charge in [0.2, 0.25) is 0 Å². The van der Waals surface area contributed by atoms with Gasteiger partial charge in [-0.2, -0.15) is 0 Å². The second kappa shape index (κ2) is 24.1. The minimum absolute atomic E-state index is 0.0290. The second-order valence-electron chi connectivity index (χ2n) is 10.4. The van der Waals surface area contributed by atoms with Crippen molar-refractivity contribution in [1.29, 1.82) is 0 Å². The molecule has 20 nitrogen and oxygen atoms in total. The predicted octanol–water partition coefficient (Wildman–Crippen LogP) is 5.05. The number of carbonyl (C=O) groups is 3. The average Bonchev–Trinajstić information content (AvgIpc) is 3.38. The zero-order chi connectivity index (χ0) is 37.7. The molecule has 0 saturated carbocycles. The number of amides is 3. The summed E-state index contributed by atoms with van der Waals surface area (Å²) < 4.78 is 87.0. The number of hydrogen-bond donors (Lipinski definition) is 1. The van der Waals surface area contributed by atoms with Gasteiger partial charge in [0, 0.05) is 44.6 Å². The first-order valence-corrected chi connectivity index (χ1v) is 20.9. The number of nitrogens with one attached hydrogen (secondary N) is 1. The zero-order valence-electron chi connectivity index (χ0n) is 29.0. The Kier molecular flexibility index (Phi) is 21.2. The third-order valence-electron chi connectivity index (χ3n) is 6.35. The van der Waals surface area contributed by atoms with E-state index in [0.717, 1.165) is 0 Å². The van der Waals surface area contributed by atoms with Gasteiger partial charge in [-0.15, -0.1) is 5.06 Å². The summed E-state index contributed by atoms with van der Waals surface area (Å²) in [6.45, 7) is 6.86. The molecule has 2 heterocycles. The van der Waals surface area contributed by atoms with Crippen molar-refractivity contribution in [2.75, 3.05) is 65.6 Å². The van der Waals surface area contributed by atoms with Gasteiger partial charge in [0.05, 0.1) is 44.4 Å². The molecule has 0 unspecified atom stereocenters. The summed E-state index contributed by atoms with van der Waals surface area (Å²) in [4.78, 5) is 47.9. The van der Waals surface area contributed by atoms with E-state index in [1.165, 1.54) is 9.80 Å². The normalized spacial score (nSPS) is 14.0. The fraction of sp³-hybridized carbons (Fsp3) is 0.704. The smallest absolute Gasteiger partial charge is 0.432 e. The molecule has 0 radical (unpaired) electrons. The van der Waals surface area contributed by atoms with Gasteiger partial charge in [-0.1, -0.05) is 0 Å². The predicted molar refractivity (Wildman–Crippen MR) is 180 cm³/mol. The number of pyridine rings is 1. The summed E-state index contributed by atoms with van der Waals surface area (Å²) in [6, 6.07) is 3.21. The SMILES string of the molecule is CCOP(=O)(CN(Cc1cc(OCCCNC(=O)ON2C(=O)CCC2=O)cc(CN(COP=O)COP=O)n1)CP(=O)(OCC)OCC)OCC. The minimum Gasteiger partial charge on any atom is -0.493 e. The summed E-state index contributed by atoms with van der Waals surface area (Å²) in [5, 5.41) is 2.88. The Morgan fingerprint density at radius 2 is 1.29 bits per heavy atom. The van der Waals surface area contributed by atoms with Crippen LogP contribution in [0.5, 0.6) is 5.75 Å². The highest BCUT2D eigenvalue weighted by Gasteiger charge is 2.35. The first-order chi connectivity index (χ1) is 24.4. The number of hydroxylamine groups is 2. The third-order valence-corrected chi connectivity index (χ3v) is 10.9. The topological polar surface area (TPSA) is 228 Å². The molecule has 1 aliphatic heterocycles. The molecular formula is C27H45N5O15P4. The molecular weight excluding hydrogens is 758 g/mol. The first-order valence-electron chi connectivity index (χ1n) is 16.0. The largest absolute Gasteiger partial charge is 0.493 e. The van der Waals surface area contributed by atoms with Gasteiger partial charge in [-0.05, 0) is 34.1 Å². The summed E-state index contributed by atoms with van der Waals surface area (Å²) in [7, 11) is -8.60. The number of imide groups is 1. The molecule has 1 saturated heterocycles. The van der Waals surface area contributed by atoms with Crippen molar-refractivity contribution in [2.24, 2.45) is 0 Å². The van der Waals surface area contributed by atoms with Gasteiger partial charge >= 0.3 is 38.7 Å². The van der Waals surface area contributed by atoms with E-state index in [0.29, 0.717) is 22.2 Å². The summed E-state index contributed by atoms with van der Waals surface area (Å²) in [5.41, 5.74) is 0.769. The van der Waals surface area contributed by atoms with Crippen molar-refractivity contribution < 1.29 is 69.4 Å². The van der Waals surface area contributed by atoms with Crippen LogP contribution in [0, 0.1) is 0 Å². The Morgan fingerprint density at radius 3 is 1.75 bits per heavy atom. The molecule has 24 heteroatoms. The molecule has 51 heavy (non-hydrogen) atoms. The van der Waals surface area contributed by atoms with Crippen LogP contribution in [-0.2, 0) is 72.9 Å². The van der Waals surface area contributed by atoms with Crippen molar-refractivity contribution in [3.63, 3.8) is 0 Å². The Hall–Kier alpha value is -2.30. The highest BCUT2D eigenvalue weighted by molar-refractivity contribution is 7.54. The van der Waals surface area contributed by atoms with E-state index in [-0.39, 0.29) is 98.0 Å². The molecule has 1 N–H and O–H groups in total. The van der Waals surface area contributed by atoms with E-state index in [1.807, 2.05) is 0 Å². The van der Waals surface area contributed by atoms with Crippen LogP contribution < -0.4 is 10.1 Å². The number of carbonyl (C=O) groups excluding carboxylic acids is 3. The van der Waals surface area contributed by atoms with Crippen LogP contribution in [0.25, 0.3) is 0 Å². The molecule has 1 fully saturated rings. The standard InChI is InChI=1S/C27H45N5O15P4/c1-5-43-50(38,44-6-2)20-31(21-51(39,45-7-3)46-8-4)17-23-15-24(14-22(29-23)16-30(18-41-48-36)19-42-49-37)40-13-9-12-28-27(35)47-32-25(33)10-11-26(32)34/h14-15H,5-13,16-21H2,1-4H3,(H,28,35). The molecule has 1 aliphatic rings. The van der Waals surface area contributed by atoms with Gasteiger partial charge in [-0.25, -0.2) is 13.9 Å². The van der Waals surface area contributed by atoms with E-state index in [1.54, 1.807) is 39.8 Å². The van der Waals surface area contributed by atoms with Crippen LogP contribution in [-0.4, -0.2) is 103 Å². The van der Waals surface area contributed by atoms with Crippen molar-refractivity contribution in [1.82, 2.24) is 25.2 Å². The molecule has 0 atom stereocenters. The van der Waals surface area contributed by atoms with Crippen LogP contribution in [0.4, 0.5) is 4.79 Å². The van der Waals surface area contributed by atoms with Crippen LogP contribution >= 0.6 is 32.6 Å². The van der Waals surface area contributed by atoms with Crippen molar-refractivity contribution in [3.8, 4) is 5.75 Å². The third kappa shape index (κ3) is 16.9. The lowest BCUT2D eigenvalue weighted by molar-refractivity contribution is -0.171. The molecule has 288 valence electrons. The Morgan fingerprint density at radius 1 is 0.824 bits per heavy atom. The number of ether oxygens (including phenoxy) is 1. The van der Waals surface area contributed by atoms with E-state index in [4.69, 9.17) is 41.7 Å². The number of nitrogens with zero attached hydrogens (tertiary/aromatic N) is 4. The summed E-state index contributed by atoms with van der Waals surface area (Å²) in [5.74, 6) is -0.877. The lowest BCUT2D eigenvalue weighted by Gasteiger charge is -2.29. The van der Waals surface area contributed by atoms with Crippen LogP contribution in [0.2, 0.25) is 0 Å².